The van der Waals surface area contributed by atoms with Gasteiger partial charge < -0.3 is 10.1 Å². The average molecular weight is 277 g/mol. The maximum absolute atomic E-state index is 12.4. The number of carbonyl (C=O) groups is 2. The Morgan fingerprint density at radius 2 is 1.72 bits per heavy atom. The highest BCUT2D eigenvalue weighted by molar-refractivity contribution is 5.83. The van der Waals surface area contributed by atoms with E-state index in [4.69, 9.17) is 0 Å². The summed E-state index contributed by atoms with van der Waals surface area (Å²) in [6.45, 7) is 0.398. The summed E-state index contributed by atoms with van der Waals surface area (Å²) in [5, 5.41) is 2.06. The summed E-state index contributed by atoms with van der Waals surface area (Å²) >= 11 is 0. The van der Waals surface area contributed by atoms with Gasteiger partial charge in [0, 0.05) is 6.92 Å². The number of halogens is 5. The maximum atomic E-state index is 12.4. The molecule has 0 fully saturated rings. The van der Waals surface area contributed by atoms with Gasteiger partial charge in [-0.1, -0.05) is 6.92 Å². The monoisotopic (exact) mass is 277 g/mol. The second-order valence-electron chi connectivity index (χ2n) is 3.47. The number of carbonyl (C=O) groups excluding carboxylic acids is 2. The zero-order valence-electron chi connectivity index (χ0n) is 9.61. The third-order valence-electron chi connectivity index (χ3n) is 1.88. The Kier molecular flexibility index (Phi) is 5.50. The lowest BCUT2D eigenvalue weighted by molar-refractivity contribution is -0.294. The molecule has 4 nitrogen and oxygen atoms in total. The van der Waals surface area contributed by atoms with E-state index >= 15 is 0 Å². The summed E-state index contributed by atoms with van der Waals surface area (Å²) in [5.74, 6) is -7.07. The highest BCUT2D eigenvalue weighted by Gasteiger charge is 2.58. The molecule has 18 heavy (non-hydrogen) atoms. The van der Waals surface area contributed by atoms with Crippen LogP contribution in [0.3, 0.4) is 0 Å². The summed E-state index contributed by atoms with van der Waals surface area (Å²) in [6, 6.07) is -1.24. The SMILES string of the molecule is CCC(NC(C)=O)C(=O)OCC(F)(F)C(F)(F)F. The van der Waals surface area contributed by atoms with E-state index in [1.165, 1.54) is 6.92 Å². The fourth-order valence-corrected chi connectivity index (χ4v) is 0.917. The highest BCUT2D eigenvalue weighted by Crippen LogP contribution is 2.35. The number of nitrogens with one attached hydrogen (secondary N) is 1. The smallest absolute Gasteiger partial charge is 0.456 e. The van der Waals surface area contributed by atoms with Gasteiger partial charge in [0.2, 0.25) is 5.91 Å². The van der Waals surface area contributed by atoms with Crippen molar-refractivity contribution in [2.75, 3.05) is 6.61 Å². The van der Waals surface area contributed by atoms with Crippen LogP contribution in [-0.2, 0) is 14.3 Å². The van der Waals surface area contributed by atoms with Crippen molar-refractivity contribution >= 4 is 11.9 Å². The molecular weight excluding hydrogens is 265 g/mol. The quantitative estimate of drug-likeness (QED) is 0.614. The molecule has 0 aliphatic carbocycles. The molecule has 1 unspecified atom stereocenters. The average Bonchev–Trinajstić information content (AvgIpc) is 2.20. The van der Waals surface area contributed by atoms with E-state index in [1.54, 1.807) is 0 Å². The topological polar surface area (TPSA) is 55.4 Å². The van der Waals surface area contributed by atoms with Crippen LogP contribution >= 0.6 is 0 Å². The lowest BCUT2D eigenvalue weighted by Crippen LogP contribution is -2.45. The molecule has 0 aromatic heterocycles. The van der Waals surface area contributed by atoms with Gasteiger partial charge in [-0.3, -0.25) is 4.79 Å². The van der Waals surface area contributed by atoms with E-state index in [1.807, 2.05) is 0 Å². The molecule has 0 spiro atoms. The molecule has 0 aliphatic rings. The molecule has 0 bridgehead atoms. The summed E-state index contributed by atoms with van der Waals surface area (Å²) in [7, 11) is 0. The van der Waals surface area contributed by atoms with Gasteiger partial charge in [-0.2, -0.15) is 22.0 Å². The van der Waals surface area contributed by atoms with E-state index in [0.717, 1.165) is 6.92 Å². The first-order valence-corrected chi connectivity index (χ1v) is 4.89. The van der Waals surface area contributed by atoms with Crippen LogP contribution in [0.5, 0.6) is 0 Å². The van der Waals surface area contributed by atoms with E-state index in [2.05, 4.69) is 10.1 Å². The van der Waals surface area contributed by atoms with Crippen molar-refractivity contribution in [3.05, 3.63) is 0 Å². The lowest BCUT2D eigenvalue weighted by Gasteiger charge is -2.21. The van der Waals surface area contributed by atoms with Gasteiger partial charge >= 0.3 is 18.1 Å². The highest BCUT2D eigenvalue weighted by atomic mass is 19.4. The minimum Gasteiger partial charge on any atom is -0.457 e. The number of hydrogen-bond acceptors (Lipinski definition) is 3. The van der Waals surface area contributed by atoms with E-state index < -0.39 is 36.6 Å². The second kappa shape index (κ2) is 5.96. The number of esters is 1. The lowest BCUT2D eigenvalue weighted by atomic mass is 10.2. The van der Waals surface area contributed by atoms with Crippen molar-refractivity contribution < 1.29 is 36.3 Å². The maximum Gasteiger partial charge on any atom is 0.456 e. The van der Waals surface area contributed by atoms with Crippen molar-refractivity contribution in [3.63, 3.8) is 0 Å². The molecule has 0 rings (SSSR count). The molecule has 0 saturated carbocycles. The summed E-state index contributed by atoms with van der Waals surface area (Å²) in [6.07, 6.45) is -5.78. The van der Waals surface area contributed by atoms with Crippen LogP contribution in [0.2, 0.25) is 0 Å². The Balaban J connectivity index is 4.45. The van der Waals surface area contributed by atoms with Crippen LogP contribution in [0.15, 0.2) is 0 Å². The van der Waals surface area contributed by atoms with Gasteiger partial charge in [0.15, 0.2) is 6.61 Å². The molecule has 0 aromatic carbocycles. The van der Waals surface area contributed by atoms with E-state index in [9.17, 15) is 31.5 Å². The predicted octanol–water partition coefficient (Wildman–Crippen LogP) is 1.64. The van der Waals surface area contributed by atoms with Crippen molar-refractivity contribution in [2.45, 2.75) is 38.4 Å². The Hall–Kier alpha value is -1.41. The molecular formula is C9H12F5NO3. The minimum atomic E-state index is -5.79. The Labute approximate surface area is 99.5 Å². The Bertz CT molecular complexity index is 316. The molecule has 0 heterocycles. The molecule has 0 aromatic rings. The third-order valence-corrected chi connectivity index (χ3v) is 1.88. The molecule has 0 aliphatic heterocycles. The summed E-state index contributed by atoms with van der Waals surface area (Å²) in [5.41, 5.74) is 0. The molecule has 1 atom stereocenters. The van der Waals surface area contributed by atoms with E-state index in [-0.39, 0.29) is 6.42 Å². The predicted molar refractivity (Wildman–Crippen MR) is 49.9 cm³/mol. The molecule has 0 radical (unpaired) electrons. The first-order valence-electron chi connectivity index (χ1n) is 4.89. The molecule has 0 saturated heterocycles. The molecule has 106 valence electrons. The van der Waals surface area contributed by atoms with Crippen LogP contribution < -0.4 is 5.32 Å². The van der Waals surface area contributed by atoms with E-state index in [0.29, 0.717) is 0 Å². The van der Waals surface area contributed by atoms with Crippen molar-refractivity contribution in [3.8, 4) is 0 Å². The Morgan fingerprint density at radius 1 is 1.22 bits per heavy atom. The normalized spacial score (nSPS) is 13.9. The van der Waals surface area contributed by atoms with Gasteiger partial charge in [-0.25, -0.2) is 4.79 Å². The first kappa shape index (κ1) is 16.6. The summed E-state index contributed by atoms with van der Waals surface area (Å²) in [4.78, 5) is 21.8. The van der Waals surface area contributed by atoms with Crippen LogP contribution in [0.1, 0.15) is 20.3 Å². The molecule has 9 heteroatoms. The van der Waals surface area contributed by atoms with Gasteiger partial charge in [0.25, 0.3) is 0 Å². The van der Waals surface area contributed by atoms with Crippen LogP contribution in [0, 0.1) is 0 Å². The number of amides is 1. The van der Waals surface area contributed by atoms with Crippen molar-refractivity contribution in [1.29, 1.82) is 0 Å². The fourth-order valence-electron chi connectivity index (χ4n) is 0.917. The van der Waals surface area contributed by atoms with Gasteiger partial charge in [-0.15, -0.1) is 0 Å². The molecule has 1 amide bonds. The van der Waals surface area contributed by atoms with Gasteiger partial charge in [0.05, 0.1) is 0 Å². The van der Waals surface area contributed by atoms with Crippen LogP contribution in [-0.4, -0.2) is 36.6 Å². The standard InChI is InChI=1S/C9H12F5NO3/c1-3-6(15-5(2)16)7(17)18-4-8(10,11)9(12,13)14/h6H,3-4H2,1-2H3,(H,15,16). The van der Waals surface area contributed by atoms with Crippen molar-refractivity contribution in [2.24, 2.45) is 0 Å². The number of rotatable bonds is 5. The van der Waals surface area contributed by atoms with Gasteiger partial charge in [-0.05, 0) is 6.42 Å². The largest absolute Gasteiger partial charge is 0.457 e. The zero-order valence-corrected chi connectivity index (χ0v) is 9.61. The second-order valence-corrected chi connectivity index (χ2v) is 3.47. The zero-order chi connectivity index (χ0) is 14.6. The fraction of sp³-hybridized carbons (Fsp3) is 0.778. The molecule has 1 N–H and O–H groups in total. The Morgan fingerprint density at radius 3 is 2.06 bits per heavy atom. The number of hydrogen-bond donors (Lipinski definition) is 1. The summed E-state index contributed by atoms with van der Waals surface area (Å²) < 4.78 is 64.0. The number of alkyl halides is 5. The van der Waals surface area contributed by atoms with Crippen LogP contribution in [0.25, 0.3) is 0 Å². The van der Waals surface area contributed by atoms with Gasteiger partial charge in [0.1, 0.15) is 6.04 Å². The van der Waals surface area contributed by atoms with Crippen molar-refractivity contribution in [1.82, 2.24) is 5.32 Å². The minimum absolute atomic E-state index is 0.00992. The number of ether oxygens (including phenoxy) is 1. The third kappa shape index (κ3) is 4.84. The van der Waals surface area contributed by atoms with Crippen LogP contribution in [0.4, 0.5) is 22.0 Å². The first-order chi connectivity index (χ1) is 8.01.